The first-order chi connectivity index (χ1) is 7.70. The summed E-state index contributed by atoms with van der Waals surface area (Å²) in [5.74, 6) is 0.927. The summed E-state index contributed by atoms with van der Waals surface area (Å²) in [4.78, 5) is 4.24. The van der Waals surface area contributed by atoms with Crippen LogP contribution in [-0.4, -0.2) is 11.5 Å². The van der Waals surface area contributed by atoms with Crippen molar-refractivity contribution in [2.75, 3.05) is 6.54 Å². The first kappa shape index (κ1) is 10.8. The van der Waals surface area contributed by atoms with Crippen molar-refractivity contribution >= 4 is 0 Å². The highest BCUT2D eigenvalue weighted by atomic mass is 19.1. The van der Waals surface area contributed by atoms with Crippen LogP contribution in [0.15, 0.2) is 28.7 Å². The van der Waals surface area contributed by atoms with E-state index in [1.807, 2.05) is 6.92 Å². The van der Waals surface area contributed by atoms with Crippen molar-refractivity contribution in [3.63, 3.8) is 0 Å². The molecule has 1 aromatic carbocycles. The maximum atomic E-state index is 13.1. The molecular formula is C12H13FN2O. The Morgan fingerprint density at radius 2 is 2.25 bits per heavy atom. The average molecular weight is 220 g/mol. The van der Waals surface area contributed by atoms with E-state index in [-0.39, 0.29) is 5.82 Å². The van der Waals surface area contributed by atoms with Gasteiger partial charge in [0.1, 0.15) is 5.82 Å². The van der Waals surface area contributed by atoms with E-state index in [4.69, 9.17) is 10.2 Å². The first-order valence-electron chi connectivity index (χ1n) is 5.13. The summed E-state index contributed by atoms with van der Waals surface area (Å²) in [6.45, 7) is 2.33. The Morgan fingerprint density at radius 1 is 1.44 bits per heavy atom. The van der Waals surface area contributed by atoms with Crippen molar-refractivity contribution < 1.29 is 8.81 Å². The summed E-state index contributed by atoms with van der Waals surface area (Å²) in [6, 6.07) is 6.27. The van der Waals surface area contributed by atoms with Gasteiger partial charge in [-0.25, -0.2) is 9.37 Å². The van der Waals surface area contributed by atoms with Gasteiger partial charge in [0.15, 0.2) is 11.7 Å². The van der Waals surface area contributed by atoms with Crippen LogP contribution in [0.1, 0.15) is 11.6 Å². The van der Waals surface area contributed by atoms with Crippen LogP contribution in [-0.2, 0) is 6.42 Å². The van der Waals surface area contributed by atoms with Gasteiger partial charge in [0.25, 0.3) is 0 Å². The molecule has 0 spiro atoms. The van der Waals surface area contributed by atoms with Crippen LogP contribution in [0.2, 0.25) is 0 Å². The zero-order chi connectivity index (χ0) is 11.5. The molecule has 0 amide bonds. The van der Waals surface area contributed by atoms with Crippen LogP contribution in [0.4, 0.5) is 4.39 Å². The molecule has 3 nitrogen and oxygen atoms in total. The number of aromatic nitrogens is 1. The SMILES string of the molecule is Cc1nc(CCN)oc1-c1cccc(F)c1. The van der Waals surface area contributed by atoms with Gasteiger partial charge in [0, 0.05) is 18.5 Å². The minimum atomic E-state index is -0.284. The van der Waals surface area contributed by atoms with Crippen LogP contribution in [0.3, 0.4) is 0 Å². The maximum Gasteiger partial charge on any atom is 0.196 e. The van der Waals surface area contributed by atoms with Gasteiger partial charge in [-0.1, -0.05) is 12.1 Å². The average Bonchev–Trinajstić information content (AvgIpc) is 2.60. The maximum absolute atomic E-state index is 13.1. The zero-order valence-electron chi connectivity index (χ0n) is 9.03. The summed E-state index contributed by atoms with van der Waals surface area (Å²) in [6.07, 6.45) is 0.593. The second-order valence-electron chi connectivity index (χ2n) is 3.57. The highest BCUT2D eigenvalue weighted by molar-refractivity contribution is 5.59. The lowest BCUT2D eigenvalue weighted by Crippen LogP contribution is -2.02. The Labute approximate surface area is 93.1 Å². The minimum absolute atomic E-state index is 0.284. The molecule has 1 heterocycles. The Morgan fingerprint density at radius 3 is 2.94 bits per heavy atom. The quantitative estimate of drug-likeness (QED) is 0.863. The normalized spacial score (nSPS) is 10.7. The first-order valence-corrected chi connectivity index (χ1v) is 5.13. The molecule has 0 saturated heterocycles. The second-order valence-corrected chi connectivity index (χ2v) is 3.57. The fourth-order valence-corrected chi connectivity index (χ4v) is 1.58. The summed E-state index contributed by atoms with van der Waals surface area (Å²) >= 11 is 0. The van der Waals surface area contributed by atoms with E-state index in [0.29, 0.717) is 30.2 Å². The molecule has 0 unspecified atom stereocenters. The van der Waals surface area contributed by atoms with Crippen molar-refractivity contribution in [1.29, 1.82) is 0 Å². The summed E-state index contributed by atoms with van der Waals surface area (Å²) < 4.78 is 18.6. The lowest BCUT2D eigenvalue weighted by molar-refractivity contribution is 0.507. The van der Waals surface area contributed by atoms with Crippen LogP contribution < -0.4 is 5.73 Å². The number of benzene rings is 1. The van der Waals surface area contributed by atoms with E-state index in [9.17, 15) is 4.39 Å². The van der Waals surface area contributed by atoms with Crippen LogP contribution in [0, 0.1) is 12.7 Å². The highest BCUT2D eigenvalue weighted by Gasteiger charge is 2.11. The Hall–Kier alpha value is -1.68. The van der Waals surface area contributed by atoms with Crippen molar-refractivity contribution in [3.8, 4) is 11.3 Å². The fourth-order valence-electron chi connectivity index (χ4n) is 1.58. The summed E-state index contributed by atoms with van der Waals surface area (Å²) in [5.41, 5.74) is 6.88. The lowest BCUT2D eigenvalue weighted by Gasteiger charge is -1.97. The number of nitrogens with zero attached hydrogens (tertiary/aromatic N) is 1. The molecule has 0 aliphatic carbocycles. The van der Waals surface area contributed by atoms with E-state index >= 15 is 0 Å². The number of rotatable bonds is 3. The van der Waals surface area contributed by atoms with Gasteiger partial charge in [-0.3, -0.25) is 0 Å². The predicted molar refractivity (Wildman–Crippen MR) is 59.4 cm³/mol. The lowest BCUT2D eigenvalue weighted by atomic mass is 10.1. The van der Waals surface area contributed by atoms with Gasteiger partial charge in [-0.15, -0.1) is 0 Å². The topological polar surface area (TPSA) is 52.0 Å². The zero-order valence-corrected chi connectivity index (χ0v) is 9.03. The van der Waals surface area contributed by atoms with Crippen molar-refractivity contribution in [3.05, 3.63) is 41.7 Å². The van der Waals surface area contributed by atoms with Crippen molar-refractivity contribution in [2.24, 2.45) is 5.73 Å². The molecule has 1 aromatic heterocycles. The molecule has 0 saturated carbocycles. The highest BCUT2D eigenvalue weighted by Crippen LogP contribution is 2.24. The molecule has 0 atom stereocenters. The molecule has 2 N–H and O–H groups in total. The molecule has 2 aromatic rings. The largest absolute Gasteiger partial charge is 0.440 e. The monoisotopic (exact) mass is 220 g/mol. The minimum Gasteiger partial charge on any atom is -0.440 e. The second kappa shape index (κ2) is 4.45. The molecular weight excluding hydrogens is 207 g/mol. The van der Waals surface area contributed by atoms with E-state index in [2.05, 4.69) is 4.98 Å². The van der Waals surface area contributed by atoms with E-state index in [1.54, 1.807) is 12.1 Å². The molecule has 0 radical (unpaired) electrons. The van der Waals surface area contributed by atoms with Gasteiger partial charge in [0.2, 0.25) is 0 Å². The summed E-state index contributed by atoms with van der Waals surface area (Å²) in [7, 11) is 0. The Kier molecular flexibility index (Phi) is 3.01. The molecule has 4 heteroatoms. The molecule has 84 valence electrons. The third-order valence-corrected chi connectivity index (χ3v) is 2.29. The van der Waals surface area contributed by atoms with Crippen LogP contribution in [0.5, 0.6) is 0 Å². The smallest absolute Gasteiger partial charge is 0.196 e. The molecule has 0 aliphatic rings. The number of hydrogen-bond donors (Lipinski definition) is 1. The molecule has 0 aliphatic heterocycles. The van der Waals surface area contributed by atoms with Gasteiger partial charge >= 0.3 is 0 Å². The number of oxazole rings is 1. The van der Waals surface area contributed by atoms with Crippen molar-refractivity contribution in [2.45, 2.75) is 13.3 Å². The van der Waals surface area contributed by atoms with Gasteiger partial charge in [0.05, 0.1) is 5.69 Å². The van der Waals surface area contributed by atoms with Crippen LogP contribution in [0.25, 0.3) is 11.3 Å². The third kappa shape index (κ3) is 2.12. The number of nitrogens with two attached hydrogens (primary N) is 1. The van der Waals surface area contributed by atoms with Crippen molar-refractivity contribution in [1.82, 2.24) is 4.98 Å². The Balaban J connectivity index is 2.40. The Bertz CT molecular complexity index is 494. The van der Waals surface area contributed by atoms with E-state index in [1.165, 1.54) is 12.1 Å². The summed E-state index contributed by atoms with van der Waals surface area (Å²) in [5, 5.41) is 0. The fraction of sp³-hybridized carbons (Fsp3) is 0.250. The van der Waals surface area contributed by atoms with E-state index in [0.717, 1.165) is 5.69 Å². The number of aryl methyl sites for hydroxylation is 1. The molecule has 2 rings (SSSR count). The number of hydrogen-bond acceptors (Lipinski definition) is 3. The molecule has 0 fully saturated rings. The van der Waals surface area contributed by atoms with Crippen LogP contribution >= 0.6 is 0 Å². The van der Waals surface area contributed by atoms with E-state index < -0.39 is 0 Å². The van der Waals surface area contributed by atoms with Gasteiger partial charge < -0.3 is 10.2 Å². The predicted octanol–water partition coefficient (Wildman–Crippen LogP) is 2.29. The molecule has 0 bridgehead atoms. The standard InChI is InChI=1S/C12H13FN2O/c1-8-12(16-11(15-8)5-6-14)9-3-2-4-10(13)7-9/h2-4,7H,5-6,14H2,1H3. The number of halogens is 1. The molecule has 16 heavy (non-hydrogen) atoms. The van der Waals surface area contributed by atoms with Gasteiger partial charge in [-0.05, 0) is 19.1 Å². The van der Waals surface area contributed by atoms with Gasteiger partial charge in [-0.2, -0.15) is 0 Å². The third-order valence-electron chi connectivity index (χ3n) is 2.29.